The molecular weight excluding hydrogens is 440 g/mol. The van der Waals surface area contributed by atoms with Crippen LogP contribution >= 0.6 is 0 Å². The molecule has 5 heteroatoms. The number of allylic oxidation sites excluding steroid dienone is 1. The average molecular weight is 477 g/mol. The van der Waals surface area contributed by atoms with Crippen LogP contribution in [0.3, 0.4) is 0 Å². The van der Waals surface area contributed by atoms with Crippen molar-refractivity contribution in [1.29, 1.82) is 0 Å². The van der Waals surface area contributed by atoms with Gasteiger partial charge in [-0.2, -0.15) is 4.39 Å². The summed E-state index contributed by atoms with van der Waals surface area (Å²) in [7, 11) is 0. The summed E-state index contributed by atoms with van der Waals surface area (Å²) in [5, 5.41) is 0. The van der Waals surface area contributed by atoms with Gasteiger partial charge in [0.05, 0.1) is 6.61 Å². The lowest BCUT2D eigenvalue weighted by Gasteiger charge is -2.29. The van der Waals surface area contributed by atoms with Crippen molar-refractivity contribution in [3.8, 4) is 16.9 Å². The summed E-state index contributed by atoms with van der Waals surface area (Å²) in [5.41, 5.74) is -0.250. The summed E-state index contributed by atoms with van der Waals surface area (Å²) < 4.78 is 64.8. The number of ether oxygens (including phenoxy) is 1. The van der Waals surface area contributed by atoms with Crippen molar-refractivity contribution in [2.24, 2.45) is 5.92 Å². The second kappa shape index (κ2) is 13.0. The number of unbranched alkanes of at least 4 members (excludes halogenated alkanes) is 4. The van der Waals surface area contributed by atoms with E-state index in [4.69, 9.17) is 4.74 Å². The van der Waals surface area contributed by atoms with Crippen molar-refractivity contribution in [3.63, 3.8) is 0 Å². The minimum absolute atomic E-state index is 0.0572. The van der Waals surface area contributed by atoms with Gasteiger partial charge in [-0.1, -0.05) is 50.8 Å². The Kier molecular flexibility index (Phi) is 10.0. The molecule has 0 aromatic heterocycles. The third kappa shape index (κ3) is 6.43. The molecule has 0 amide bonds. The zero-order valence-electron chi connectivity index (χ0n) is 20.2. The van der Waals surface area contributed by atoms with E-state index in [2.05, 4.69) is 13.5 Å². The van der Waals surface area contributed by atoms with Crippen molar-refractivity contribution < 1.29 is 22.3 Å². The number of rotatable bonds is 12. The van der Waals surface area contributed by atoms with E-state index in [1.165, 1.54) is 24.3 Å². The molecule has 1 aliphatic rings. The highest BCUT2D eigenvalue weighted by Crippen LogP contribution is 2.41. The fraction of sp³-hybridized carbons (Fsp3) is 0.517. The predicted octanol–water partition coefficient (Wildman–Crippen LogP) is 9.50. The average Bonchev–Trinajstić information content (AvgIpc) is 2.85. The molecule has 1 nitrogen and oxygen atoms in total. The Hall–Kier alpha value is -2.30. The van der Waals surface area contributed by atoms with Gasteiger partial charge in [-0.15, -0.1) is 6.58 Å². The molecule has 0 spiro atoms. The minimum atomic E-state index is -1.22. The second-order valence-corrected chi connectivity index (χ2v) is 9.42. The first-order chi connectivity index (χ1) is 16.5. The van der Waals surface area contributed by atoms with Gasteiger partial charge in [0.2, 0.25) is 5.82 Å². The summed E-state index contributed by atoms with van der Waals surface area (Å²) in [4.78, 5) is 0. The van der Waals surface area contributed by atoms with Crippen LogP contribution in [0, 0.1) is 29.2 Å². The molecule has 0 bridgehead atoms. The van der Waals surface area contributed by atoms with Crippen LogP contribution in [0.2, 0.25) is 0 Å². The van der Waals surface area contributed by atoms with Crippen LogP contribution in [0.25, 0.3) is 11.1 Å². The highest BCUT2D eigenvalue weighted by molar-refractivity contribution is 5.66. The monoisotopic (exact) mass is 476 g/mol. The van der Waals surface area contributed by atoms with E-state index >= 15 is 8.78 Å². The van der Waals surface area contributed by atoms with Crippen LogP contribution < -0.4 is 4.74 Å². The molecule has 2 aromatic rings. The maximum atomic E-state index is 15.0. The van der Waals surface area contributed by atoms with Crippen molar-refractivity contribution in [1.82, 2.24) is 0 Å². The standard InChI is InChI=1S/C29H36F4O/c1-3-5-7-8-9-19-34-25-18-17-24(28(32)29(25)33)23-16-15-22(26(30)27(23)31)21-13-11-20(12-14-21)10-6-4-2/h4,15-18,20-21H,2-3,5-14,19H2,1H3. The lowest BCUT2D eigenvalue weighted by atomic mass is 9.77. The maximum absolute atomic E-state index is 15.0. The Morgan fingerprint density at radius 1 is 0.824 bits per heavy atom. The molecular formula is C29H36F4O. The van der Waals surface area contributed by atoms with Gasteiger partial charge in [0.25, 0.3) is 0 Å². The van der Waals surface area contributed by atoms with Crippen molar-refractivity contribution >= 4 is 0 Å². The molecule has 0 aliphatic heterocycles. The summed E-state index contributed by atoms with van der Waals surface area (Å²) in [5.74, 6) is -4.16. The zero-order chi connectivity index (χ0) is 24.5. The quantitative estimate of drug-likeness (QED) is 0.168. The van der Waals surface area contributed by atoms with E-state index in [1.54, 1.807) is 0 Å². The SMILES string of the molecule is C=CCCC1CCC(c2ccc(-c3ccc(OCCCCCCC)c(F)c3F)c(F)c2F)CC1. The molecule has 0 saturated heterocycles. The molecule has 3 rings (SSSR count). The summed E-state index contributed by atoms with van der Waals surface area (Å²) in [6.45, 7) is 6.16. The number of hydrogen-bond acceptors (Lipinski definition) is 1. The highest BCUT2D eigenvalue weighted by atomic mass is 19.2. The van der Waals surface area contributed by atoms with Gasteiger partial charge in [-0.25, -0.2) is 13.2 Å². The van der Waals surface area contributed by atoms with Gasteiger partial charge >= 0.3 is 0 Å². The Labute approximate surface area is 201 Å². The highest BCUT2D eigenvalue weighted by Gasteiger charge is 2.27. The molecule has 0 radical (unpaired) electrons. The molecule has 0 N–H and O–H groups in total. The fourth-order valence-electron chi connectivity index (χ4n) is 4.94. The first-order valence-electron chi connectivity index (χ1n) is 12.7. The third-order valence-electron chi connectivity index (χ3n) is 7.02. The Bertz CT molecular complexity index is 948. The van der Waals surface area contributed by atoms with Crippen molar-refractivity contribution in [3.05, 3.63) is 65.8 Å². The second-order valence-electron chi connectivity index (χ2n) is 9.42. The van der Waals surface area contributed by atoms with E-state index in [-0.39, 0.29) is 29.4 Å². The molecule has 0 atom stereocenters. The van der Waals surface area contributed by atoms with Gasteiger partial charge in [-0.3, -0.25) is 0 Å². The van der Waals surface area contributed by atoms with Gasteiger partial charge < -0.3 is 4.74 Å². The van der Waals surface area contributed by atoms with Crippen LogP contribution in [0.5, 0.6) is 5.75 Å². The Morgan fingerprint density at radius 2 is 1.47 bits per heavy atom. The first-order valence-corrected chi connectivity index (χ1v) is 12.7. The lowest BCUT2D eigenvalue weighted by molar-refractivity contribution is 0.285. The number of benzene rings is 2. The van der Waals surface area contributed by atoms with Crippen molar-refractivity contribution in [2.45, 2.75) is 83.5 Å². The molecule has 0 heterocycles. The fourth-order valence-corrected chi connectivity index (χ4v) is 4.94. The van der Waals surface area contributed by atoms with Crippen LogP contribution in [-0.2, 0) is 0 Å². The van der Waals surface area contributed by atoms with E-state index in [9.17, 15) is 8.78 Å². The Balaban J connectivity index is 1.69. The van der Waals surface area contributed by atoms with Crippen LogP contribution in [-0.4, -0.2) is 6.61 Å². The molecule has 1 aliphatic carbocycles. The summed E-state index contributed by atoms with van der Waals surface area (Å²) in [6, 6.07) is 5.44. The van der Waals surface area contributed by atoms with E-state index in [1.807, 2.05) is 6.08 Å². The topological polar surface area (TPSA) is 9.23 Å². The third-order valence-corrected chi connectivity index (χ3v) is 7.02. The van der Waals surface area contributed by atoms with Gasteiger partial charge in [0.15, 0.2) is 23.2 Å². The minimum Gasteiger partial charge on any atom is -0.490 e. The zero-order valence-corrected chi connectivity index (χ0v) is 20.2. The molecule has 1 fully saturated rings. The van der Waals surface area contributed by atoms with Gasteiger partial charge in [0.1, 0.15) is 0 Å². The van der Waals surface area contributed by atoms with Gasteiger partial charge in [0, 0.05) is 11.1 Å². The Morgan fingerprint density at radius 3 is 2.15 bits per heavy atom. The lowest BCUT2D eigenvalue weighted by Crippen LogP contribution is -2.15. The number of halogens is 4. The van der Waals surface area contributed by atoms with E-state index < -0.39 is 23.3 Å². The van der Waals surface area contributed by atoms with E-state index in [0.29, 0.717) is 11.5 Å². The molecule has 186 valence electrons. The van der Waals surface area contributed by atoms with Gasteiger partial charge in [-0.05, 0) is 74.5 Å². The largest absolute Gasteiger partial charge is 0.490 e. The van der Waals surface area contributed by atoms with Crippen LogP contribution in [0.1, 0.15) is 89.0 Å². The normalized spacial score (nSPS) is 18.1. The van der Waals surface area contributed by atoms with E-state index in [0.717, 1.165) is 70.6 Å². The van der Waals surface area contributed by atoms with Crippen molar-refractivity contribution in [2.75, 3.05) is 6.61 Å². The smallest absolute Gasteiger partial charge is 0.201 e. The summed E-state index contributed by atoms with van der Waals surface area (Å²) in [6.07, 6.45) is 12.5. The molecule has 1 saturated carbocycles. The molecule has 34 heavy (non-hydrogen) atoms. The number of hydrogen-bond donors (Lipinski definition) is 0. The predicted molar refractivity (Wildman–Crippen MR) is 130 cm³/mol. The maximum Gasteiger partial charge on any atom is 0.201 e. The molecule has 2 aromatic carbocycles. The summed E-state index contributed by atoms with van der Waals surface area (Å²) >= 11 is 0. The first kappa shape index (κ1) is 26.3. The van der Waals surface area contributed by atoms with Crippen LogP contribution in [0.15, 0.2) is 36.9 Å². The molecule has 0 unspecified atom stereocenters. The van der Waals surface area contributed by atoms with Crippen LogP contribution in [0.4, 0.5) is 17.6 Å².